The highest BCUT2D eigenvalue weighted by molar-refractivity contribution is 5.96. The van der Waals surface area contributed by atoms with E-state index in [-0.39, 0.29) is 25.0 Å². The fourth-order valence-electron chi connectivity index (χ4n) is 6.75. The van der Waals surface area contributed by atoms with Crippen molar-refractivity contribution in [3.05, 3.63) is 144 Å². The Bertz CT molecular complexity index is 1560. The third-order valence-electron chi connectivity index (χ3n) is 9.24. The summed E-state index contributed by atoms with van der Waals surface area (Å²) in [5.74, 6) is -1.80. The van der Waals surface area contributed by atoms with E-state index < -0.39 is 36.1 Å². The third kappa shape index (κ3) is 8.00. The molecule has 8 nitrogen and oxygen atoms in total. The molecule has 8 heteroatoms. The van der Waals surface area contributed by atoms with Gasteiger partial charge in [-0.3, -0.25) is 9.59 Å². The average Bonchev–Trinajstić information content (AvgIpc) is 3.67. The predicted octanol–water partition coefficient (Wildman–Crippen LogP) is 6.66. The largest absolute Gasteiger partial charge is 0.447 e. The zero-order valence-electron chi connectivity index (χ0n) is 26.9. The fraction of sp³-hybridized carbons (Fsp3) is 0.300. The average molecular weight is 645 g/mol. The maximum atomic E-state index is 14.3. The molecular formula is C40H40N2O6. The number of cyclic esters (lactones) is 2. The summed E-state index contributed by atoms with van der Waals surface area (Å²) in [6, 6.07) is 38.0. The normalized spacial score (nSPS) is 18.7. The monoisotopic (exact) mass is 644 g/mol. The Morgan fingerprint density at radius 2 is 0.833 bits per heavy atom. The molecule has 2 aliphatic heterocycles. The molecule has 0 radical (unpaired) electrons. The summed E-state index contributed by atoms with van der Waals surface area (Å²) in [5, 5.41) is 0. The number of benzene rings is 4. The van der Waals surface area contributed by atoms with Crippen LogP contribution in [0.25, 0.3) is 0 Å². The second kappa shape index (κ2) is 15.6. The minimum absolute atomic E-state index is 0.131. The van der Waals surface area contributed by atoms with Crippen LogP contribution < -0.4 is 0 Å². The summed E-state index contributed by atoms with van der Waals surface area (Å²) in [6.45, 7) is 0.263. The summed E-state index contributed by atoms with van der Waals surface area (Å²) in [7, 11) is 0. The van der Waals surface area contributed by atoms with Gasteiger partial charge in [0.1, 0.15) is 13.2 Å². The van der Waals surface area contributed by atoms with Gasteiger partial charge < -0.3 is 9.47 Å². The minimum atomic E-state index is -0.639. The van der Waals surface area contributed by atoms with Gasteiger partial charge in [0.05, 0.1) is 12.1 Å². The first-order chi connectivity index (χ1) is 23.5. The number of ether oxygens (including phenoxy) is 2. The van der Waals surface area contributed by atoms with Crippen molar-refractivity contribution in [2.45, 2.75) is 50.6 Å². The van der Waals surface area contributed by atoms with Crippen LogP contribution in [0.3, 0.4) is 0 Å². The Morgan fingerprint density at radius 3 is 1.17 bits per heavy atom. The first-order valence-corrected chi connectivity index (χ1v) is 16.6. The van der Waals surface area contributed by atoms with Crippen molar-refractivity contribution < 1.29 is 28.7 Å². The summed E-state index contributed by atoms with van der Waals surface area (Å²) in [4.78, 5) is 57.3. The molecule has 2 aliphatic rings. The Hall–Kier alpha value is -5.24. The van der Waals surface area contributed by atoms with Crippen LogP contribution in [0.15, 0.2) is 121 Å². The van der Waals surface area contributed by atoms with Crippen LogP contribution in [0.1, 0.15) is 35.1 Å². The van der Waals surface area contributed by atoms with Crippen LogP contribution >= 0.6 is 0 Å². The molecule has 2 heterocycles. The highest BCUT2D eigenvalue weighted by atomic mass is 16.6. The summed E-state index contributed by atoms with van der Waals surface area (Å²) in [5.41, 5.74) is 3.93. The number of hydrogen-bond acceptors (Lipinski definition) is 6. The van der Waals surface area contributed by atoms with E-state index in [1.54, 1.807) is 0 Å². The predicted molar refractivity (Wildman–Crippen MR) is 181 cm³/mol. The van der Waals surface area contributed by atoms with Crippen LogP contribution in [0.4, 0.5) is 9.59 Å². The lowest BCUT2D eigenvalue weighted by Gasteiger charge is -2.28. The quantitative estimate of drug-likeness (QED) is 0.162. The van der Waals surface area contributed by atoms with E-state index in [1.165, 1.54) is 9.80 Å². The number of hydrogen-bond donors (Lipinski definition) is 0. The number of rotatable bonds is 13. The van der Waals surface area contributed by atoms with E-state index in [0.717, 1.165) is 22.3 Å². The second-order valence-corrected chi connectivity index (χ2v) is 12.6. The molecule has 0 spiro atoms. The molecule has 4 amide bonds. The lowest BCUT2D eigenvalue weighted by molar-refractivity contribution is -0.136. The van der Waals surface area contributed by atoms with Crippen LogP contribution in [0, 0.1) is 11.8 Å². The Balaban J connectivity index is 1.25. The van der Waals surface area contributed by atoms with E-state index in [2.05, 4.69) is 0 Å². The standard InChI is InChI=1S/C40H40N2O6/c43-37(41-35(27-47-39(41)45)25-31-17-9-3-10-18-31)33(23-29-13-5-1-6-14-29)21-22-34(24-30-15-7-2-8-16-30)38(44)42-36(28-48-40(42)46)26-32-19-11-4-12-20-32/h1-20,33-36H,21-28H2/t33-,34-,35?,36?/m1/s1. The van der Waals surface area contributed by atoms with Crippen molar-refractivity contribution in [2.24, 2.45) is 11.8 Å². The molecule has 0 bridgehead atoms. The van der Waals surface area contributed by atoms with Gasteiger partial charge in [0.15, 0.2) is 0 Å². The minimum Gasteiger partial charge on any atom is -0.447 e. The maximum absolute atomic E-state index is 14.3. The van der Waals surface area contributed by atoms with Gasteiger partial charge in [0, 0.05) is 11.8 Å². The van der Waals surface area contributed by atoms with E-state index in [4.69, 9.17) is 9.47 Å². The lowest BCUT2D eigenvalue weighted by atomic mass is 9.86. The molecule has 48 heavy (non-hydrogen) atoms. The van der Waals surface area contributed by atoms with Gasteiger partial charge in [0.2, 0.25) is 11.8 Å². The van der Waals surface area contributed by atoms with Crippen LogP contribution in [0.5, 0.6) is 0 Å². The van der Waals surface area contributed by atoms with Crippen molar-refractivity contribution in [3.63, 3.8) is 0 Å². The van der Waals surface area contributed by atoms with Gasteiger partial charge in [-0.25, -0.2) is 19.4 Å². The molecule has 2 fully saturated rings. The number of imide groups is 2. The molecule has 246 valence electrons. The van der Waals surface area contributed by atoms with E-state index in [9.17, 15) is 19.2 Å². The van der Waals surface area contributed by atoms with Gasteiger partial charge in [-0.1, -0.05) is 121 Å². The fourth-order valence-corrected chi connectivity index (χ4v) is 6.75. The second-order valence-electron chi connectivity index (χ2n) is 12.6. The first kappa shape index (κ1) is 32.7. The molecule has 0 aromatic heterocycles. The van der Waals surface area contributed by atoms with Crippen molar-refractivity contribution in [3.8, 4) is 0 Å². The smallest absolute Gasteiger partial charge is 0.416 e. The van der Waals surface area contributed by atoms with Crippen molar-refractivity contribution in [1.82, 2.24) is 9.80 Å². The molecule has 0 aliphatic carbocycles. The lowest BCUT2D eigenvalue weighted by Crippen LogP contribution is -2.45. The molecule has 2 unspecified atom stereocenters. The van der Waals surface area contributed by atoms with Crippen LogP contribution in [-0.2, 0) is 44.7 Å². The third-order valence-corrected chi connectivity index (χ3v) is 9.24. The van der Waals surface area contributed by atoms with Crippen molar-refractivity contribution in [1.29, 1.82) is 0 Å². The summed E-state index contributed by atoms with van der Waals surface area (Å²) in [6.07, 6.45) is 1.18. The molecule has 4 atom stereocenters. The molecule has 0 saturated carbocycles. The summed E-state index contributed by atoms with van der Waals surface area (Å²) >= 11 is 0. The zero-order chi connectivity index (χ0) is 33.3. The molecule has 2 saturated heterocycles. The van der Waals surface area contributed by atoms with Crippen molar-refractivity contribution in [2.75, 3.05) is 13.2 Å². The highest BCUT2D eigenvalue weighted by Gasteiger charge is 2.43. The van der Waals surface area contributed by atoms with Gasteiger partial charge in [-0.15, -0.1) is 0 Å². The summed E-state index contributed by atoms with van der Waals surface area (Å²) < 4.78 is 10.8. The maximum Gasteiger partial charge on any atom is 0.416 e. The molecule has 6 rings (SSSR count). The molecular weight excluding hydrogens is 604 g/mol. The Labute approximate surface area is 281 Å². The van der Waals surface area contributed by atoms with Crippen LogP contribution in [0.2, 0.25) is 0 Å². The topological polar surface area (TPSA) is 93.2 Å². The van der Waals surface area contributed by atoms with E-state index in [0.29, 0.717) is 38.5 Å². The van der Waals surface area contributed by atoms with Gasteiger partial charge in [-0.2, -0.15) is 0 Å². The van der Waals surface area contributed by atoms with E-state index in [1.807, 2.05) is 121 Å². The van der Waals surface area contributed by atoms with Gasteiger partial charge in [0.25, 0.3) is 0 Å². The number of carbonyl (C=O) groups is 4. The number of nitrogens with zero attached hydrogens (tertiary/aromatic N) is 2. The van der Waals surface area contributed by atoms with Gasteiger partial charge in [-0.05, 0) is 60.8 Å². The molecule has 0 N–H and O–H groups in total. The Morgan fingerprint density at radius 1 is 0.521 bits per heavy atom. The van der Waals surface area contributed by atoms with Crippen molar-refractivity contribution >= 4 is 24.0 Å². The van der Waals surface area contributed by atoms with Crippen LogP contribution in [-0.4, -0.2) is 59.1 Å². The molecule has 4 aromatic carbocycles. The number of amides is 4. The first-order valence-electron chi connectivity index (χ1n) is 16.6. The Kier molecular flexibility index (Phi) is 10.6. The highest BCUT2D eigenvalue weighted by Crippen LogP contribution is 2.29. The zero-order valence-corrected chi connectivity index (χ0v) is 26.9. The SMILES string of the molecule is O=C1OCC(Cc2ccccc2)N1C(=O)[C@H](CC[C@H](Cc1ccccc1)C(=O)N1C(=O)OCC1Cc1ccccc1)Cc1ccccc1. The van der Waals surface area contributed by atoms with E-state index >= 15 is 0 Å². The number of carbonyl (C=O) groups excluding carboxylic acids is 4. The van der Waals surface area contributed by atoms with Gasteiger partial charge >= 0.3 is 12.2 Å². The molecule has 4 aromatic rings.